The fraction of sp³-hybridized carbons (Fsp3) is 1.00. The van der Waals surface area contributed by atoms with Gasteiger partial charge in [-0.15, -0.1) is 0 Å². The van der Waals surface area contributed by atoms with Gasteiger partial charge in [-0.1, -0.05) is 40.0 Å². The molecule has 0 bridgehead atoms. The average molecular weight is 183 g/mol. The molecule has 0 aromatic rings. The summed E-state index contributed by atoms with van der Waals surface area (Å²) in [4.78, 5) is 0. The van der Waals surface area contributed by atoms with Crippen LogP contribution in [-0.4, -0.2) is 13.1 Å². The molecule has 0 aromatic carbocycles. The summed E-state index contributed by atoms with van der Waals surface area (Å²) >= 11 is 0. The lowest BCUT2D eigenvalue weighted by molar-refractivity contribution is 0.172. The largest absolute Gasteiger partial charge is 0.316 e. The number of rotatable bonds is 4. The third kappa shape index (κ3) is 2.25. The van der Waals surface area contributed by atoms with Gasteiger partial charge in [0.05, 0.1) is 0 Å². The topological polar surface area (TPSA) is 12.0 Å². The van der Waals surface area contributed by atoms with E-state index in [1.54, 1.807) is 0 Å². The van der Waals surface area contributed by atoms with Crippen LogP contribution in [0, 0.1) is 11.3 Å². The first-order valence-corrected chi connectivity index (χ1v) is 5.81. The molecule has 0 spiro atoms. The molecule has 2 unspecified atom stereocenters. The zero-order valence-corrected chi connectivity index (χ0v) is 9.69. The average Bonchev–Trinajstić information content (AvgIpc) is 2.53. The predicted molar refractivity (Wildman–Crippen MR) is 58.9 cm³/mol. The lowest BCUT2D eigenvalue weighted by atomic mass is 9.74. The summed E-state index contributed by atoms with van der Waals surface area (Å²) < 4.78 is 0. The predicted octanol–water partition coefficient (Wildman–Crippen LogP) is 3.20. The maximum absolute atomic E-state index is 3.54. The maximum atomic E-state index is 3.54. The van der Waals surface area contributed by atoms with Gasteiger partial charge in [-0.05, 0) is 31.2 Å². The normalized spacial score (nSPS) is 25.8. The fourth-order valence-corrected chi connectivity index (χ4v) is 3.05. The van der Waals surface area contributed by atoms with Crippen LogP contribution in [-0.2, 0) is 0 Å². The molecule has 1 nitrogen and oxygen atoms in total. The van der Waals surface area contributed by atoms with Gasteiger partial charge < -0.3 is 5.32 Å². The maximum Gasteiger partial charge on any atom is 0.0143 e. The van der Waals surface area contributed by atoms with Crippen molar-refractivity contribution in [3.05, 3.63) is 0 Å². The Labute approximate surface area is 83.3 Å². The summed E-state index contributed by atoms with van der Waals surface area (Å²) in [5.74, 6) is 0.813. The Morgan fingerprint density at radius 2 is 1.85 bits per heavy atom. The van der Waals surface area contributed by atoms with Gasteiger partial charge in [-0.3, -0.25) is 0 Å². The fourth-order valence-electron chi connectivity index (χ4n) is 3.05. The van der Waals surface area contributed by atoms with Crippen molar-refractivity contribution in [3.63, 3.8) is 0 Å². The molecular weight excluding hydrogens is 158 g/mol. The molecular formula is C12H25N. The molecule has 1 aliphatic rings. The monoisotopic (exact) mass is 183 g/mol. The lowest BCUT2D eigenvalue weighted by Crippen LogP contribution is -2.44. The molecule has 1 heteroatoms. The Morgan fingerprint density at radius 1 is 1.31 bits per heavy atom. The zero-order valence-electron chi connectivity index (χ0n) is 9.69. The van der Waals surface area contributed by atoms with Crippen LogP contribution in [0.25, 0.3) is 0 Å². The van der Waals surface area contributed by atoms with E-state index >= 15 is 0 Å². The molecule has 1 fully saturated rings. The van der Waals surface area contributed by atoms with E-state index in [0.717, 1.165) is 12.0 Å². The van der Waals surface area contributed by atoms with Gasteiger partial charge in [0.15, 0.2) is 0 Å². The van der Waals surface area contributed by atoms with E-state index in [9.17, 15) is 0 Å². The van der Waals surface area contributed by atoms with Gasteiger partial charge in [0.2, 0.25) is 0 Å². The first-order valence-electron chi connectivity index (χ1n) is 5.81. The number of hydrogen-bond acceptors (Lipinski definition) is 1. The highest BCUT2D eigenvalue weighted by Crippen LogP contribution is 2.43. The van der Waals surface area contributed by atoms with Crippen LogP contribution >= 0.6 is 0 Å². The zero-order chi connectivity index (χ0) is 9.90. The first kappa shape index (κ1) is 11.0. The summed E-state index contributed by atoms with van der Waals surface area (Å²) in [6, 6.07) is 0.722. The highest BCUT2D eigenvalue weighted by atomic mass is 14.9. The molecule has 13 heavy (non-hydrogen) atoms. The smallest absolute Gasteiger partial charge is 0.0143 e. The summed E-state index contributed by atoms with van der Waals surface area (Å²) in [6.07, 6.45) is 7.00. The Morgan fingerprint density at radius 3 is 2.23 bits per heavy atom. The van der Waals surface area contributed by atoms with Gasteiger partial charge in [-0.25, -0.2) is 0 Å². The van der Waals surface area contributed by atoms with Gasteiger partial charge in [0, 0.05) is 6.04 Å². The molecule has 1 saturated carbocycles. The van der Waals surface area contributed by atoms with Crippen molar-refractivity contribution in [1.82, 2.24) is 5.32 Å². The molecule has 1 N–H and O–H groups in total. The minimum absolute atomic E-state index is 0.574. The van der Waals surface area contributed by atoms with E-state index in [1.807, 2.05) is 0 Å². The van der Waals surface area contributed by atoms with Crippen LogP contribution in [0.15, 0.2) is 0 Å². The van der Waals surface area contributed by atoms with E-state index in [1.165, 1.54) is 32.1 Å². The molecule has 2 atom stereocenters. The van der Waals surface area contributed by atoms with Crippen molar-refractivity contribution in [2.75, 3.05) is 7.05 Å². The van der Waals surface area contributed by atoms with Gasteiger partial charge in [-0.2, -0.15) is 0 Å². The van der Waals surface area contributed by atoms with Crippen molar-refractivity contribution < 1.29 is 0 Å². The van der Waals surface area contributed by atoms with Crippen LogP contribution < -0.4 is 5.32 Å². The van der Waals surface area contributed by atoms with Crippen molar-refractivity contribution >= 4 is 0 Å². The SMILES string of the molecule is CCC(C)C(NC)C1(C)CCCC1. The third-order valence-electron chi connectivity index (χ3n) is 4.02. The van der Waals surface area contributed by atoms with Gasteiger partial charge in [0.25, 0.3) is 0 Å². The second kappa shape index (κ2) is 4.45. The summed E-state index contributed by atoms with van der Waals surface area (Å²) in [5.41, 5.74) is 0.574. The minimum Gasteiger partial charge on any atom is -0.316 e. The first-order chi connectivity index (χ1) is 6.14. The summed E-state index contributed by atoms with van der Waals surface area (Å²) in [5, 5.41) is 3.54. The van der Waals surface area contributed by atoms with Crippen molar-refractivity contribution in [2.45, 2.75) is 58.9 Å². The number of hydrogen-bond donors (Lipinski definition) is 1. The standard InChI is InChI=1S/C12H25N/c1-5-10(2)11(13-4)12(3)8-6-7-9-12/h10-11,13H,5-9H2,1-4H3. The summed E-state index contributed by atoms with van der Waals surface area (Å²) in [6.45, 7) is 7.14. The molecule has 1 aliphatic carbocycles. The molecule has 78 valence electrons. The molecule has 0 heterocycles. The minimum atomic E-state index is 0.574. The lowest BCUT2D eigenvalue weighted by Gasteiger charge is -2.38. The van der Waals surface area contributed by atoms with Crippen molar-refractivity contribution in [1.29, 1.82) is 0 Å². The van der Waals surface area contributed by atoms with E-state index in [-0.39, 0.29) is 0 Å². The molecule has 0 aliphatic heterocycles. The van der Waals surface area contributed by atoms with E-state index < -0.39 is 0 Å². The number of nitrogens with one attached hydrogen (secondary N) is 1. The quantitative estimate of drug-likeness (QED) is 0.706. The van der Waals surface area contributed by atoms with E-state index in [0.29, 0.717) is 5.41 Å². The van der Waals surface area contributed by atoms with Crippen molar-refractivity contribution in [2.24, 2.45) is 11.3 Å². The Balaban J connectivity index is 2.63. The Bertz CT molecular complexity index is 147. The van der Waals surface area contributed by atoms with Crippen LogP contribution in [0.5, 0.6) is 0 Å². The van der Waals surface area contributed by atoms with E-state index in [2.05, 4.69) is 33.1 Å². The molecule has 0 radical (unpaired) electrons. The van der Waals surface area contributed by atoms with Crippen LogP contribution in [0.1, 0.15) is 52.9 Å². The second-order valence-electron chi connectivity index (χ2n) is 5.01. The third-order valence-corrected chi connectivity index (χ3v) is 4.02. The van der Waals surface area contributed by atoms with Crippen molar-refractivity contribution in [3.8, 4) is 0 Å². The van der Waals surface area contributed by atoms with Crippen LogP contribution in [0.2, 0.25) is 0 Å². The van der Waals surface area contributed by atoms with Gasteiger partial charge in [0.1, 0.15) is 0 Å². The second-order valence-corrected chi connectivity index (χ2v) is 5.01. The van der Waals surface area contributed by atoms with Gasteiger partial charge >= 0.3 is 0 Å². The van der Waals surface area contributed by atoms with Crippen LogP contribution in [0.4, 0.5) is 0 Å². The summed E-state index contributed by atoms with van der Waals surface area (Å²) in [7, 11) is 2.13. The Hall–Kier alpha value is -0.0400. The molecule has 1 rings (SSSR count). The molecule has 0 saturated heterocycles. The Kier molecular flexibility index (Phi) is 3.78. The van der Waals surface area contributed by atoms with E-state index in [4.69, 9.17) is 0 Å². The molecule has 0 aromatic heterocycles. The highest BCUT2D eigenvalue weighted by Gasteiger charge is 2.38. The highest BCUT2D eigenvalue weighted by molar-refractivity contribution is 4.92. The van der Waals surface area contributed by atoms with Crippen LogP contribution in [0.3, 0.4) is 0 Å². The molecule has 0 amide bonds.